The Morgan fingerprint density at radius 3 is 2.28 bits per heavy atom. The molecule has 0 amide bonds. The summed E-state index contributed by atoms with van der Waals surface area (Å²) < 4.78 is 0. The standard InChI is InChI=1S/C16H26N2/c1-13-10-14(2)12-15(11-13)16(17)6-9-18-7-4-3-5-8-18/h10-12,16H,3-9,17H2,1-2H3. The molecule has 1 heterocycles. The Bertz CT molecular complexity index is 360. The summed E-state index contributed by atoms with van der Waals surface area (Å²) in [5.74, 6) is 0. The highest BCUT2D eigenvalue weighted by Gasteiger charge is 2.13. The van der Waals surface area contributed by atoms with Crippen molar-refractivity contribution in [3.63, 3.8) is 0 Å². The van der Waals surface area contributed by atoms with Crippen molar-refractivity contribution in [2.24, 2.45) is 5.73 Å². The van der Waals surface area contributed by atoms with Crippen LogP contribution in [0.5, 0.6) is 0 Å². The van der Waals surface area contributed by atoms with Crippen molar-refractivity contribution in [3.05, 3.63) is 34.9 Å². The first-order valence-corrected chi connectivity index (χ1v) is 7.21. The zero-order valence-electron chi connectivity index (χ0n) is 11.8. The van der Waals surface area contributed by atoms with Gasteiger partial charge in [-0.1, -0.05) is 35.7 Å². The summed E-state index contributed by atoms with van der Waals surface area (Å²) in [4.78, 5) is 2.56. The topological polar surface area (TPSA) is 29.3 Å². The van der Waals surface area contributed by atoms with Crippen LogP contribution in [0, 0.1) is 13.8 Å². The molecule has 1 aromatic carbocycles. The van der Waals surface area contributed by atoms with E-state index >= 15 is 0 Å². The highest BCUT2D eigenvalue weighted by molar-refractivity contribution is 5.30. The van der Waals surface area contributed by atoms with Gasteiger partial charge in [0, 0.05) is 6.04 Å². The molecule has 2 heteroatoms. The molecule has 0 bridgehead atoms. The monoisotopic (exact) mass is 246 g/mol. The average Bonchev–Trinajstić information content (AvgIpc) is 2.36. The number of nitrogens with zero attached hydrogens (tertiary/aromatic N) is 1. The first-order valence-electron chi connectivity index (χ1n) is 7.21. The number of rotatable bonds is 4. The maximum Gasteiger partial charge on any atom is 0.0307 e. The molecule has 0 saturated carbocycles. The molecule has 1 aliphatic heterocycles. The second-order valence-electron chi connectivity index (χ2n) is 5.72. The molecule has 2 N–H and O–H groups in total. The van der Waals surface area contributed by atoms with Crippen LogP contribution in [-0.4, -0.2) is 24.5 Å². The molecule has 0 radical (unpaired) electrons. The lowest BCUT2D eigenvalue weighted by atomic mass is 9.99. The normalized spacial score (nSPS) is 18.8. The molecule has 2 nitrogen and oxygen atoms in total. The number of nitrogens with two attached hydrogens (primary N) is 1. The molecule has 2 rings (SSSR count). The predicted molar refractivity (Wildman–Crippen MR) is 77.8 cm³/mol. The number of hydrogen-bond acceptors (Lipinski definition) is 2. The maximum absolute atomic E-state index is 6.32. The molecular weight excluding hydrogens is 220 g/mol. The first kappa shape index (κ1) is 13.6. The Hall–Kier alpha value is -0.860. The predicted octanol–water partition coefficient (Wildman–Crippen LogP) is 3.18. The minimum absolute atomic E-state index is 0.186. The molecular formula is C16H26N2. The van der Waals surface area contributed by atoms with E-state index in [-0.39, 0.29) is 6.04 Å². The molecule has 0 spiro atoms. The lowest BCUT2D eigenvalue weighted by Crippen LogP contribution is -2.32. The molecule has 0 aliphatic carbocycles. The lowest BCUT2D eigenvalue weighted by Gasteiger charge is -2.27. The zero-order valence-corrected chi connectivity index (χ0v) is 11.8. The van der Waals surface area contributed by atoms with E-state index in [1.165, 1.54) is 49.0 Å². The van der Waals surface area contributed by atoms with E-state index in [1.807, 2.05) is 0 Å². The van der Waals surface area contributed by atoms with Crippen molar-refractivity contribution in [2.45, 2.75) is 45.6 Å². The number of piperidine rings is 1. The van der Waals surface area contributed by atoms with Crippen molar-refractivity contribution in [2.75, 3.05) is 19.6 Å². The summed E-state index contributed by atoms with van der Waals surface area (Å²) in [6.45, 7) is 7.97. The van der Waals surface area contributed by atoms with Gasteiger partial charge in [-0.15, -0.1) is 0 Å². The summed E-state index contributed by atoms with van der Waals surface area (Å²) in [6.07, 6.45) is 5.19. The van der Waals surface area contributed by atoms with E-state index in [9.17, 15) is 0 Å². The van der Waals surface area contributed by atoms with Crippen molar-refractivity contribution < 1.29 is 0 Å². The fraction of sp³-hybridized carbons (Fsp3) is 0.625. The van der Waals surface area contributed by atoms with E-state index in [4.69, 9.17) is 5.73 Å². The second kappa shape index (κ2) is 6.35. The Balaban J connectivity index is 1.88. The van der Waals surface area contributed by atoms with Gasteiger partial charge < -0.3 is 10.6 Å². The highest BCUT2D eigenvalue weighted by Crippen LogP contribution is 2.19. The maximum atomic E-state index is 6.32. The molecule has 100 valence electrons. The van der Waals surface area contributed by atoms with Crippen LogP contribution in [0.1, 0.15) is 48.4 Å². The SMILES string of the molecule is Cc1cc(C)cc(C(N)CCN2CCCCC2)c1. The van der Waals surface area contributed by atoms with Crippen LogP contribution < -0.4 is 5.73 Å². The third-order valence-electron chi connectivity index (χ3n) is 3.88. The van der Waals surface area contributed by atoms with Crippen LogP contribution in [0.2, 0.25) is 0 Å². The molecule has 1 unspecified atom stereocenters. The minimum Gasteiger partial charge on any atom is -0.324 e. The Morgan fingerprint density at radius 2 is 1.67 bits per heavy atom. The molecule has 1 aromatic rings. The minimum atomic E-state index is 0.186. The first-order chi connectivity index (χ1) is 8.65. The van der Waals surface area contributed by atoms with Crippen LogP contribution >= 0.6 is 0 Å². The van der Waals surface area contributed by atoms with Crippen LogP contribution in [0.15, 0.2) is 18.2 Å². The van der Waals surface area contributed by atoms with Crippen LogP contribution in [0.25, 0.3) is 0 Å². The summed E-state index contributed by atoms with van der Waals surface area (Å²) in [6, 6.07) is 6.85. The van der Waals surface area contributed by atoms with Crippen LogP contribution in [-0.2, 0) is 0 Å². The fourth-order valence-electron chi connectivity index (χ4n) is 2.90. The van der Waals surface area contributed by atoms with E-state index in [0.717, 1.165) is 13.0 Å². The van der Waals surface area contributed by atoms with Crippen molar-refractivity contribution in [1.29, 1.82) is 0 Å². The van der Waals surface area contributed by atoms with Crippen molar-refractivity contribution >= 4 is 0 Å². The van der Waals surface area contributed by atoms with Gasteiger partial charge in [0.1, 0.15) is 0 Å². The van der Waals surface area contributed by atoms with Gasteiger partial charge in [-0.3, -0.25) is 0 Å². The number of hydrogen-bond donors (Lipinski definition) is 1. The van der Waals surface area contributed by atoms with Gasteiger partial charge in [-0.05, 0) is 58.3 Å². The molecule has 1 saturated heterocycles. The van der Waals surface area contributed by atoms with E-state index in [1.54, 1.807) is 0 Å². The van der Waals surface area contributed by atoms with Gasteiger partial charge in [0.15, 0.2) is 0 Å². The Labute approximate surface area is 111 Å². The summed E-state index contributed by atoms with van der Waals surface area (Å²) in [7, 11) is 0. The van der Waals surface area contributed by atoms with E-state index in [2.05, 4.69) is 36.9 Å². The number of aryl methyl sites for hydroxylation is 2. The Morgan fingerprint density at radius 1 is 1.06 bits per heavy atom. The largest absolute Gasteiger partial charge is 0.324 e. The zero-order chi connectivity index (χ0) is 13.0. The van der Waals surface area contributed by atoms with Crippen LogP contribution in [0.4, 0.5) is 0 Å². The second-order valence-corrected chi connectivity index (χ2v) is 5.72. The van der Waals surface area contributed by atoms with Gasteiger partial charge in [-0.2, -0.15) is 0 Å². The summed E-state index contributed by atoms with van der Waals surface area (Å²) >= 11 is 0. The lowest BCUT2D eigenvalue weighted by molar-refractivity contribution is 0.221. The fourth-order valence-corrected chi connectivity index (χ4v) is 2.90. The molecule has 1 atom stereocenters. The number of likely N-dealkylation sites (tertiary alicyclic amines) is 1. The quantitative estimate of drug-likeness (QED) is 0.884. The van der Waals surface area contributed by atoms with Gasteiger partial charge in [0.2, 0.25) is 0 Å². The molecule has 0 aromatic heterocycles. The van der Waals surface area contributed by atoms with Crippen molar-refractivity contribution in [1.82, 2.24) is 4.90 Å². The van der Waals surface area contributed by atoms with Gasteiger partial charge in [-0.25, -0.2) is 0 Å². The van der Waals surface area contributed by atoms with Gasteiger partial charge in [0.25, 0.3) is 0 Å². The molecule has 1 aliphatic rings. The number of benzene rings is 1. The Kier molecular flexibility index (Phi) is 4.79. The van der Waals surface area contributed by atoms with E-state index in [0.29, 0.717) is 0 Å². The van der Waals surface area contributed by atoms with Crippen molar-refractivity contribution in [3.8, 4) is 0 Å². The highest BCUT2D eigenvalue weighted by atomic mass is 15.1. The molecule has 18 heavy (non-hydrogen) atoms. The third-order valence-corrected chi connectivity index (χ3v) is 3.88. The summed E-state index contributed by atoms with van der Waals surface area (Å²) in [5, 5.41) is 0. The van der Waals surface area contributed by atoms with E-state index < -0.39 is 0 Å². The average molecular weight is 246 g/mol. The third kappa shape index (κ3) is 3.82. The molecule has 1 fully saturated rings. The van der Waals surface area contributed by atoms with Crippen LogP contribution in [0.3, 0.4) is 0 Å². The van der Waals surface area contributed by atoms with Gasteiger partial charge >= 0.3 is 0 Å². The van der Waals surface area contributed by atoms with Gasteiger partial charge in [0.05, 0.1) is 0 Å². The summed E-state index contributed by atoms with van der Waals surface area (Å²) in [5.41, 5.74) is 10.3. The smallest absolute Gasteiger partial charge is 0.0307 e.